The Morgan fingerprint density at radius 3 is 2.53 bits per heavy atom. The van der Waals surface area contributed by atoms with Crippen molar-refractivity contribution in [2.24, 2.45) is 0 Å². The minimum Gasteiger partial charge on any atom is -0.493 e. The fourth-order valence-electron chi connectivity index (χ4n) is 1.77. The highest BCUT2D eigenvalue weighted by atomic mass is 16.5. The number of hydrogen-bond acceptors (Lipinski definition) is 6. The fraction of sp³-hybridized carbons (Fsp3) is 0.385. The molecule has 0 saturated carbocycles. The van der Waals surface area contributed by atoms with Gasteiger partial charge in [0.15, 0.2) is 11.5 Å². The van der Waals surface area contributed by atoms with Crippen LogP contribution >= 0.6 is 0 Å². The Bertz CT molecular complexity index is 572. The summed E-state index contributed by atoms with van der Waals surface area (Å²) in [5.74, 6) is 1.90. The van der Waals surface area contributed by atoms with Crippen molar-refractivity contribution in [3.63, 3.8) is 0 Å². The van der Waals surface area contributed by atoms with Gasteiger partial charge in [0.05, 0.1) is 25.8 Å². The zero-order valence-corrected chi connectivity index (χ0v) is 11.2. The number of fused-ring (bicyclic) bond motifs is 1. The lowest BCUT2D eigenvalue weighted by molar-refractivity contribution is 0.208. The van der Waals surface area contributed by atoms with Crippen LogP contribution in [0.3, 0.4) is 0 Å². The summed E-state index contributed by atoms with van der Waals surface area (Å²) in [5, 5.41) is 13.2. The number of rotatable bonds is 5. The number of benzene rings is 1. The SMILES string of the molecule is COc1cc2ncnc(NC[C@H](C)O)c2cc1OC. The number of nitrogens with zero attached hydrogens (tertiary/aromatic N) is 2. The molecule has 0 aliphatic heterocycles. The number of aliphatic hydroxyl groups is 1. The third kappa shape index (κ3) is 2.85. The van der Waals surface area contributed by atoms with Gasteiger partial charge in [-0.05, 0) is 13.0 Å². The van der Waals surface area contributed by atoms with Gasteiger partial charge in [0.2, 0.25) is 0 Å². The molecule has 0 radical (unpaired) electrons. The Labute approximate surface area is 111 Å². The average molecular weight is 263 g/mol. The Morgan fingerprint density at radius 1 is 1.21 bits per heavy atom. The predicted molar refractivity (Wildman–Crippen MR) is 72.8 cm³/mol. The first-order valence-electron chi connectivity index (χ1n) is 5.94. The van der Waals surface area contributed by atoms with Crippen molar-refractivity contribution < 1.29 is 14.6 Å². The molecule has 1 aromatic heterocycles. The van der Waals surface area contributed by atoms with Crippen LogP contribution in [0.5, 0.6) is 11.5 Å². The number of anilines is 1. The monoisotopic (exact) mass is 263 g/mol. The minimum absolute atomic E-state index is 0.417. The molecule has 2 rings (SSSR count). The number of aromatic nitrogens is 2. The molecule has 102 valence electrons. The van der Waals surface area contributed by atoms with E-state index in [-0.39, 0.29) is 0 Å². The summed E-state index contributed by atoms with van der Waals surface area (Å²) in [7, 11) is 3.16. The topological polar surface area (TPSA) is 76.5 Å². The first-order valence-corrected chi connectivity index (χ1v) is 5.94. The summed E-state index contributed by atoms with van der Waals surface area (Å²) in [6, 6.07) is 3.61. The van der Waals surface area contributed by atoms with Gasteiger partial charge in [-0.3, -0.25) is 0 Å². The van der Waals surface area contributed by atoms with Crippen molar-refractivity contribution in [1.29, 1.82) is 0 Å². The van der Waals surface area contributed by atoms with E-state index in [9.17, 15) is 5.11 Å². The maximum Gasteiger partial charge on any atom is 0.162 e. The molecule has 0 saturated heterocycles. The normalized spacial score (nSPS) is 12.2. The zero-order chi connectivity index (χ0) is 13.8. The number of nitrogens with one attached hydrogen (secondary N) is 1. The van der Waals surface area contributed by atoms with Crippen molar-refractivity contribution in [1.82, 2.24) is 9.97 Å². The van der Waals surface area contributed by atoms with E-state index in [1.54, 1.807) is 27.2 Å². The maximum absolute atomic E-state index is 9.32. The number of ether oxygens (including phenoxy) is 2. The van der Waals surface area contributed by atoms with Gasteiger partial charge in [-0.1, -0.05) is 0 Å². The smallest absolute Gasteiger partial charge is 0.162 e. The predicted octanol–water partition coefficient (Wildman–Crippen LogP) is 1.44. The summed E-state index contributed by atoms with van der Waals surface area (Å²) in [4.78, 5) is 8.38. The number of hydrogen-bond donors (Lipinski definition) is 2. The van der Waals surface area contributed by atoms with Crippen LogP contribution in [0, 0.1) is 0 Å². The van der Waals surface area contributed by atoms with E-state index >= 15 is 0 Å². The van der Waals surface area contributed by atoms with E-state index in [2.05, 4.69) is 15.3 Å². The second-order valence-electron chi connectivity index (χ2n) is 4.18. The molecule has 2 aromatic rings. The van der Waals surface area contributed by atoms with Crippen LogP contribution in [0.15, 0.2) is 18.5 Å². The van der Waals surface area contributed by atoms with E-state index in [1.807, 2.05) is 6.07 Å². The Kier molecular flexibility index (Phi) is 4.01. The van der Waals surface area contributed by atoms with Crippen LogP contribution in [0.1, 0.15) is 6.92 Å². The lowest BCUT2D eigenvalue weighted by Crippen LogP contribution is -2.16. The first-order chi connectivity index (χ1) is 9.15. The highest BCUT2D eigenvalue weighted by molar-refractivity contribution is 5.91. The lowest BCUT2D eigenvalue weighted by Gasteiger charge is -2.12. The minimum atomic E-state index is -0.454. The molecule has 1 heterocycles. The van der Waals surface area contributed by atoms with Crippen LogP contribution in [-0.2, 0) is 0 Å². The average Bonchev–Trinajstić information content (AvgIpc) is 2.43. The van der Waals surface area contributed by atoms with Crippen LogP contribution in [-0.4, -0.2) is 41.9 Å². The van der Waals surface area contributed by atoms with E-state index < -0.39 is 6.10 Å². The second-order valence-corrected chi connectivity index (χ2v) is 4.18. The van der Waals surface area contributed by atoms with Crippen LogP contribution in [0.25, 0.3) is 10.9 Å². The molecule has 1 aromatic carbocycles. The number of methoxy groups -OCH3 is 2. The Hall–Kier alpha value is -2.08. The molecular formula is C13H17N3O3. The number of aliphatic hydroxyl groups excluding tert-OH is 1. The molecule has 0 amide bonds. The summed E-state index contributed by atoms with van der Waals surface area (Å²) in [6.07, 6.45) is 1.02. The van der Waals surface area contributed by atoms with E-state index in [0.717, 1.165) is 10.9 Å². The molecule has 0 bridgehead atoms. The van der Waals surface area contributed by atoms with Crippen molar-refractivity contribution in [2.45, 2.75) is 13.0 Å². The molecule has 2 N–H and O–H groups in total. The molecule has 0 aliphatic rings. The third-order valence-electron chi connectivity index (χ3n) is 2.71. The van der Waals surface area contributed by atoms with Crippen molar-refractivity contribution in [3.8, 4) is 11.5 Å². The lowest BCUT2D eigenvalue weighted by atomic mass is 10.2. The van der Waals surface area contributed by atoms with Gasteiger partial charge >= 0.3 is 0 Å². The quantitative estimate of drug-likeness (QED) is 0.850. The largest absolute Gasteiger partial charge is 0.493 e. The second kappa shape index (κ2) is 5.71. The molecule has 6 heteroatoms. The Balaban J connectivity index is 2.48. The first kappa shape index (κ1) is 13.4. The molecule has 0 unspecified atom stereocenters. The highest BCUT2D eigenvalue weighted by Crippen LogP contribution is 2.33. The van der Waals surface area contributed by atoms with Gasteiger partial charge < -0.3 is 19.9 Å². The van der Waals surface area contributed by atoms with Crippen LogP contribution in [0.2, 0.25) is 0 Å². The van der Waals surface area contributed by atoms with Crippen molar-refractivity contribution in [2.75, 3.05) is 26.1 Å². The fourth-order valence-corrected chi connectivity index (χ4v) is 1.77. The maximum atomic E-state index is 9.32. The van der Waals surface area contributed by atoms with Crippen LogP contribution in [0.4, 0.5) is 5.82 Å². The Morgan fingerprint density at radius 2 is 1.89 bits per heavy atom. The third-order valence-corrected chi connectivity index (χ3v) is 2.71. The van der Waals surface area contributed by atoms with Gasteiger partial charge in [-0.25, -0.2) is 9.97 Å². The van der Waals surface area contributed by atoms with Gasteiger partial charge in [-0.2, -0.15) is 0 Å². The van der Waals surface area contributed by atoms with Gasteiger partial charge in [-0.15, -0.1) is 0 Å². The van der Waals surface area contributed by atoms with Crippen LogP contribution < -0.4 is 14.8 Å². The molecule has 6 nitrogen and oxygen atoms in total. The van der Waals surface area contributed by atoms with Crippen molar-refractivity contribution in [3.05, 3.63) is 18.5 Å². The molecule has 19 heavy (non-hydrogen) atoms. The van der Waals surface area contributed by atoms with Gasteiger partial charge in [0.1, 0.15) is 12.1 Å². The van der Waals surface area contributed by atoms with Gasteiger partial charge in [0, 0.05) is 18.0 Å². The molecule has 1 atom stereocenters. The molecule has 0 spiro atoms. The summed E-state index contributed by atoms with van der Waals surface area (Å²) < 4.78 is 10.5. The van der Waals surface area contributed by atoms with E-state index in [0.29, 0.717) is 23.9 Å². The summed E-state index contributed by atoms with van der Waals surface area (Å²) in [6.45, 7) is 2.13. The standard InChI is InChI=1S/C13H17N3O3/c1-8(17)6-14-13-9-4-11(18-2)12(19-3)5-10(9)15-7-16-13/h4-5,7-8,17H,6H2,1-3H3,(H,14,15,16)/t8-/m0/s1. The molecule has 0 aliphatic carbocycles. The van der Waals surface area contributed by atoms with Crippen molar-refractivity contribution >= 4 is 16.7 Å². The molecular weight excluding hydrogens is 246 g/mol. The highest BCUT2D eigenvalue weighted by Gasteiger charge is 2.10. The zero-order valence-electron chi connectivity index (χ0n) is 11.2. The molecule has 0 fully saturated rings. The van der Waals surface area contributed by atoms with Gasteiger partial charge in [0.25, 0.3) is 0 Å². The summed E-state index contributed by atoms with van der Waals surface area (Å²) in [5.41, 5.74) is 0.751. The van der Waals surface area contributed by atoms with E-state index in [4.69, 9.17) is 9.47 Å². The summed E-state index contributed by atoms with van der Waals surface area (Å²) >= 11 is 0. The van der Waals surface area contributed by atoms with E-state index in [1.165, 1.54) is 6.33 Å².